The number of nitrogens with zero attached hydrogens (tertiary/aromatic N) is 1. The molecule has 0 aliphatic rings. The first-order chi connectivity index (χ1) is 14.4. The van der Waals surface area contributed by atoms with Gasteiger partial charge in [0.05, 0.1) is 0 Å². The Kier molecular flexibility index (Phi) is 7.51. The second-order valence-electron chi connectivity index (χ2n) is 8.83. The van der Waals surface area contributed by atoms with E-state index >= 15 is 0 Å². The summed E-state index contributed by atoms with van der Waals surface area (Å²) in [7, 11) is -2.18. The van der Waals surface area contributed by atoms with E-state index in [0.717, 1.165) is 35.9 Å². The van der Waals surface area contributed by atoms with Crippen molar-refractivity contribution < 1.29 is 4.80 Å². The Morgan fingerprint density at radius 1 is 0.667 bits per heavy atom. The third-order valence-corrected chi connectivity index (χ3v) is 11.4. The van der Waals surface area contributed by atoms with Crippen LogP contribution in [-0.4, -0.2) is 13.1 Å². The van der Waals surface area contributed by atoms with Crippen molar-refractivity contribution in [3.63, 3.8) is 0 Å². The summed E-state index contributed by atoms with van der Waals surface area (Å²) < 4.78 is 0. The summed E-state index contributed by atoms with van der Waals surface area (Å²) in [5.41, 5.74) is 5.62. The lowest BCUT2D eigenvalue weighted by atomic mass is 10.1. The summed E-state index contributed by atoms with van der Waals surface area (Å²) in [6.45, 7) is 8.73. The van der Waals surface area contributed by atoms with Crippen LogP contribution in [0.4, 0.5) is 17.1 Å². The third-order valence-electron chi connectivity index (χ3n) is 6.27. The molecule has 0 spiro atoms. The predicted molar refractivity (Wildman–Crippen MR) is 132 cm³/mol. The van der Waals surface area contributed by atoms with Crippen LogP contribution in [0.15, 0.2) is 84.9 Å². The van der Waals surface area contributed by atoms with Crippen molar-refractivity contribution in [2.75, 3.05) is 4.90 Å². The van der Waals surface area contributed by atoms with E-state index in [2.05, 4.69) is 118 Å². The number of hydrogen-bond donors (Lipinski definition) is 1. The summed E-state index contributed by atoms with van der Waals surface area (Å²) in [5.74, 6) is 0. The minimum Gasteiger partial charge on any atom is -0.431 e. The van der Waals surface area contributed by atoms with Gasteiger partial charge in [0.25, 0.3) is 0 Å². The van der Waals surface area contributed by atoms with Crippen LogP contribution in [0, 0.1) is 0 Å². The van der Waals surface area contributed by atoms with E-state index in [9.17, 15) is 4.80 Å². The van der Waals surface area contributed by atoms with E-state index in [1.165, 1.54) is 5.56 Å². The summed E-state index contributed by atoms with van der Waals surface area (Å²) in [6.07, 6.45) is 2.07. The van der Waals surface area contributed by atoms with E-state index in [1.54, 1.807) is 0 Å². The predicted octanol–water partition coefficient (Wildman–Crippen LogP) is 7.85. The Labute approximate surface area is 183 Å². The van der Waals surface area contributed by atoms with Crippen LogP contribution in [-0.2, 0) is 6.42 Å². The fourth-order valence-corrected chi connectivity index (χ4v) is 7.46. The highest BCUT2D eigenvalue weighted by atomic mass is 28.4. The maximum absolute atomic E-state index is 11.1. The lowest BCUT2D eigenvalue weighted by molar-refractivity contribution is 0.486. The molecule has 3 aromatic rings. The smallest absolute Gasteiger partial charge is 0.193 e. The molecule has 3 rings (SSSR count). The van der Waals surface area contributed by atoms with Gasteiger partial charge in [-0.05, 0) is 71.9 Å². The molecule has 0 unspecified atom stereocenters. The van der Waals surface area contributed by atoms with Crippen LogP contribution in [0.5, 0.6) is 0 Å². The molecule has 0 aromatic heterocycles. The molecular weight excluding hydrogens is 382 g/mol. The summed E-state index contributed by atoms with van der Waals surface area (Å²) in [4.78, 5) is 13.4. The molecule has 0 aliphatic heterocycles. The van der Waals surface area contributed by atoms with Crippen molar-refractivity contribution in [2.45, 2.75) is 57.7 Å². The highest BCUT2D eigenvalue weighted by Crippen LogP contribution is 2.36. The molecule has 0 aliphatic carbocycles. The van der Waals surface area contributed by atoms with Gasteiger partial charge in [-0.25, -0.2) is 0 Å². The van der Waals surface area contributed by atoms with E-state index in [1.807, 2.05) is 0 Å². The van der Waals surface area contributed by atoms with Crippen molar-refractivity contribution in [1.29, 1.82) is 0 Å². The first kappa shape index (κ1) is 22.3. The molecule has 0 atom stereocenters. The number of benzene rings is 3. The Bertz CT molecular complexity index is 844. The second kappa shape index (κ2) is 10.1. The van der Waals surface area contributed by atoms with Gasteiger partial charge in [-0.15, -0.1) is 0 Å². The molecule has 158 valence electrons. The first-order valence-corrected chi connectivity index (χ1v) is 13.4. The van der Waals surface area contributed by atoms with Crippen LogP contribution in [0.2, 0.25) is 17.1 Å². The molecule has 0 heterocycles. The van der Waals surface area contributed by atoms with Crippen LogP contribution >= 0.6 is 0 Å². The number of para-hydroxylation sites is 2. The molecular formula is C27H35NOSi. The molecule has 0 amide bonds. The van der Waals surface area contributed by atoms with Crippen molar-refractivity contribution in [1.82, 2.24) is 0 Å². The molecule has 0 saturated heterocycles. The van der Waals surface area contributed by atoms with Crippen LogP contribution in [0.1, 0.15) is 39.7 Å². The first-order valence-electron chi connectivity index (χ1n) is 11.1. The lowest BCUT2D eigenvalue weighted by Crippen LogP contribution is -2.41. The van der Waals surface area contributed by atoms with Gasteiger partial charge >= 0.3 is 0 Å². The fraction of sp³-hybridized carbons (Fsp3) is 0.333. The maximum atomic E-state index is 11.1. The normalized spacial score (nSPS) is 11.8. The Morgan fingerprint density at radius 2 is 1.10 bits per heavy atom. The fourth-order valence-electron chi connectivity index (χ4n) is 4.23. The number of rotatable bonds is 9. The van der Waals surface area contributed by atoms with Crippen molar-refractivity contribution in [3.8, 4) is 0 Å². The monoisotopic (exact) mass is 417 g/mol. The number of anilines is 3. The Morgan fingerprint density at radius 3 is 1.53 bits per heavy atom. The highest BCUT2D eigenvalue weighted by Gasteiger charge is 2.37. The lowest BCUT2D eigenvalue weighted by Gasteiger charge is -2.33. The zero-order valence-electron chi connectivity index (χ0n) is 18.8. The zero-order chi connectivity index (χ0) is 21.6. The SMILES string of the molecule is CC(C)[Si](O)(CCCc1ccc(N(c2ccccc2)c2ccccc2)cc1)C(C)C. The van der Waals surface area contributed by atoms with Crippen molar-refractivity contribution in [3.05, 3.63) is 90.5 Å². The Hall–Kier alpha value is -2.36. The molecule has 0 radical (unpaired) electrons. The molecule has 1 N–H and O–H groups in total. The van der Waals surface area contributed by atoms with E-state index in [-0.39, 0.29) is 0 Å². The summed E-state index contributed by atoms with van der Waals surface area (Å²) in [6, 6.07) is 30.9. The van der Waals surface area contributed by atoms with Crippen molar-refractivity contribution in [2.24, 2.45) is 0 Å². The van der Waals surface area contributed by atoms with Crippen LogP contribution < -0.4 is 4.90 Å². The Balaban J connectivity index is 1.75. The average molecular weight is 418 g/mol. The molecule has 0 fully saturated rings. The minimum absolute atomic E-state index is 0.408. The van der Waals surface area contributed by atoms with Gasteiger partial charge in [0.1, 0.15) is 0 Å². The molecule has 0 saturated carbocycles. The van der Waals surface area contributed by atoms with Gasteiger partial charge in [0.2, 0.25) is 0 Å². The van der Waals surface area contributed by atoms with Gasteiger partial charge in [0, 0.05) is 17.1 Å². The number of hydrogen-bond acceptors (Lipinski definition) is 2. The van der Waals surface area contributed by atoms with Gasteiger partial charge in [-0.2, -0.15) is 0 Å². The second-order valence-corrected chi connectivity index (χ2v) is 13.6. The van der Waals surface area contributed by atoms with E-state index < -0.39 is 8.32 Å². The molecule has 3 aromatic carbocycles. The topological polar surface area (TPSA) is 23.5 Å². The third kappa shape index (κ3) is 5.21. The van der Waals surface area contributed by atoms with Gasteiger partial charge in [0.15, 0.2) is 8.32 Å². The van der Waals surface area contributed by atoms with Gasteiger partial charge in [-0.1, -0.05) is 76.2 Å². The molecule has 2 nitrogen and oxygen atoms in total. The van der Waals surface area contributed by atoms with Crippen LogP contribution in [0.3, 0.4) is 0 Å². The summed E-state index contributed by atoms with van der Waals surface area (Å²) >= 11 is 0. The average Bonchev–Trinajstić information content (AvgIpc) is 2.76. The van der Waals surface area contributed by atoms with Crippen molar-refractivity contribution >= 4 is 25.4 Å². The molecule has 30 heavy (non-hydrogen) atoms. The maximum Gasteiger partial charge on any atom is 0.193 e. The standard InChI is InChI=1S/C27H35NOSi/c1-22(2)30(29,23(3)4)21-11-12-24-17-19-27(20-18-24)28(25-13-7-5-8-14-25)26-15-9-6-10-16-26/h5-10,13-20,22-23,29H,11-12,21H2,1-4H3. The quantitative estimate of drug-likeness (QED) is 0.358. The highest BCUT2D eigenvalue weighted by molar-refractivity contribution is 6.75. The minimum atomic E-state index is -2.18. The van der Waals surface area contributed by atoms with Crippen LogP contribution in [0.25, 0.3) is 0 Å². The number of aryl methyl sites for hydroxylation is 1. The van der Waals surface area contributed by atoms with E-state index in [4.69, 9.17) is 0 Å². The van der Waals surface area contributed by atoms with E-state index in [0.29, 0.717) is 11.1 Å². The largest absolute Gasteiger partial charge is 0.431 e. The molecule has 3 heteroatoms. The van der Waals surface area contributed by atoms with Gasteiger partial charge in [-0.3, -0.25) is 0 Å². The van der Waals surface area contributed by atoms with Gasteiger partial charge < -0.3 is 9.70 Å². The zero-order valence-corrected chi connectivity index (χ0v) is 19.8. The molecule has 0 bridgehead atoms. The summed E-state index contributed by atoms with van der Waals surface area (Å²) in [5, 5.41) is 0.